The fourth-order valence-corrected chi connectivity index (χ4v) is 3.94. The Bertz CT molecular complexity index is 622. The SMILES string of the molecule is O=C(O)c1ccccc1C1SCCc2ccccc21. The molecule has 96 valence electrons. The molecule has 0 amide bonds. The van der Waals surface area contributed by atoms with Crippen molar-refractivity contribution in [2.75, 3.05) is 5.75 Å². The van der Waals surface area contributed by atoms with E-state index in [-0.39, 0.29) is 5.25 Å². The van der Waals surface area contributed by atoms with Gasteiger partial charge in [0.1, 0.15) is 0 Å². The maximum atomic E-state index is 11.4. The van der Waals surface area contributed by atoms with E-state index in [0.717, 1.165) is 17.7 Å². The second-order valence-corrected chi connectivity index (χ2v) is 5.81. The molecular weight excluding hydrogens is 256 g/mol. The first-order chi connectivity index (χ1) is 9.27. The van der Waals surface area contributed by atoms with Crippen LogP contribution in [0.25, 0.3) is 0 Å². The number of carboxylic acid groups (broad SMARTS) is 1. The average molecular weight is 270 g/mol. The summed E-state index contributed by atoms with van der Waals surface area (Å²) in [5.41, 5.74) is 3.92. The van der Waals surface area contributed by atoms with Gasteiger partial charge in [0.05, 0.1) is 10.8 Å². The monoisotopic (exact) mass is 270 g/mol. The largest absolute Gasteiger partial charge is 0.478 e. The summed E-state index contributed by atoms with van der Waals surface area (Å²) in [5, 5.41) is 9.47. The van der Waals surface area contributed by atoms with Crippen LogP contribution in [0.2, 0.25) is 0 Å². The van der Waals surface area contributed by atoms with Crippen molar-refractivity contribution >= 4 is 17.7 Å². The first-order valence-corrected chi connectivity index (χ1v) is 7.34. The lowest BCUT2D eigenvalue weighted by atomic mass is 9.94. The van der Waals surface area contributed by atoms with Crippen LogP contribution >= 0.6 is 11.8 Å². The number of hydrogen-bond acceptors (Lipinski definition) is 2. The number of fused-ring (bicyclic) bond motifs is 1. The minimum Gasteiger partial charge on any atom is -0.478 e. The van der Waals surface area contributed by atoms with E-state index in [0.29, 0.717) is 5.56 Å². The molecule has 1 aliphatic rings. The Hall–Kier alpha value is -1.74. The van der Waals surface area contributed by atoms with Gasteiger partial charge in [0.15, 0.2) is 0 Å². The maximum absolute atomic E-state index is 11.4. The summed E-state index contributed by atoms with van der Waals surface area (Å²) in [4.78, 5) is 11.4. The number of carbonyl (C=O) groups is 1. The Kier molecular flexibility index (Phi) is 3.30. The summed E-state index contributed by atoms with van der Waals surface area (Å²) < 4.78 is 0. The molecule has 1 atom stereocenters. The highest BCUT2D eigenvalue weighted by Gasteiger charge is 2.25. The molecule has 2 aromatic rings. The van der Waals surface area contributed by atoms with Crippen molar-refractivity contribution < 1.29 is 9.90 Å². The summed E-state index contributed by atoms with van der Waals surface area (Å²) in [6.45, 7) is 0. The minimum absolute atomic E-state index is 0.136. The lowest BCUT2D eigenvalue weighted by Crippen LogP contribution is -2.12. The molecule has 0 aromatic heterocycles. The van der Waals surface area contributed by atoms with Gasteiger partial charge in [-0.05, 0) is 34.9 Å². The van der Waals surface area contributed by atoms with Gasteiger partial charge >= 0.3 is 5.97 Å². The fourth-order valence-electron chi connectivity index (χ4n) is 2.57. The highest BCUT2D eigenvalue weighted by Crippen LogP contribution is 2.42. The lowest BCUT2D eigenvalue weighted by Gasteiger charge is -2.26. The second-order valence-electron chi connectivity index (χ2n) is 4.59. The van der Waals surface area contributed by atoms with E-state index in [1.165, 1.54) is 11.1 Å². The second kappa shape index (κ2) is 5.10. The number of rotatable bonds is 2. The van der Waals surface area contributed by atoms with Gasteiger partial charge in [0, 0.05) is 0 Å². The highest BCUT2D eigenvalue weighted by molar-refractivity contribution is 7.99. The van der Waals surface area contributed by atoms with Crippen LogP contribution in [-0.4, -0.2) is 16.8 Å². The Labute approximate surface area is 116 Å². The summed E-state index contributed by atoms with van der Waals surface area (Å²) in [6.07, 6.45) is 1.06. The Balaban J connectivity index is 2.12. The van der Waals surface area contributed by atoms with Crippen molar-refractivity contribution in [2.45, 2.75) is 11.7 Å². The highest BCUT2D eigenvalue weighted by atomic mass is 32.2. The molecule has 3 rings (SSSR count). The van der Waals surface area contributed by atoms with E-state index >= 15 is 0 Å². The van der Waals surface area contributed by atoms with Crippen LogP contribution < -0.4 is 0 Å². The van der Waals surface area contributed by atoms with Gasteiger partial charge < -0.3 is 5.11 Å². The van der Waals surface area contributed by atoms with Gasteiger partial charge in [-0.2, -0.15) is 0 Å². The van der Waals surface area contributed by atoms with E-state index < -0.39 is 5.97 Å². The van der Waals surface area contributed by atoms with E-state index in [1.54, 1.807) is 12.1 Å². The summed E-state index contributed by atoms with van der Waals surface area (Å²) >= 11 is 1.83. The Morgan fingerprint density at radius 2 is 1.74 bits per heavy atom. The van der Waals surface area contributed by atoms with Crippen LogP contribution in [0, 0.1) is 0 Å². The number of aromatic carboxylic acids is 1. The van der Waals surface area contributed by atoms with E-state index in [1.807, 2.05) is 30.0 Å². The van der Waals surface area contributed by atoms with Gasteiger partial charge in [-0.15, -0.1) is 11.8 Å². The molecule has 0 radical (unpaired) electrons. The summed E-state index contributed by atoms with van der Waals surface area (Å²) in [7, 11) is 0. The number of aryl methyl sites for hydroxylation is 1. The van der Waals surface area contributed by atoms with Gasteiger partial charge in [0.25, 0.3) is 0 Å². The standard InChI is InChI=1S/C16H14O2S/c17-16(18)14-8-4-3-7-13(14)15-12-6-2-1-5-11(12)9-10-19-15/h1-8,15H,9-10H2,(H,17,18). The molecule has 1 heterocycles. The molecule has 19 heavy (non-hydrogen) atoms. The van der Waals surface area contributed by atoms with Crippen molar-refractivity contribution in [1.82, 2.24) is 0 Å². The van der Waals surface area contributed by atoms with E-state index in [9.17, 15) is 9.90 Å². The van der Waals surface area contributed by atoms with Crippen molar-refractivity contribution in [3.8, 4) is 0 Å². The molecule has 0 saturated carbocycles. The van der Waals surface area contributed by atoms with Crippen LogP contribution in [0.3, 0.4) is 0 Å². The fraction of sp³-hybridized carbons (Fsp3) is 0.188. The Morgan fingerprint density at radius 1 is 1.05 bits per heavy atom. The smallest absolute Gasteiger partial charge is 0.336 e. The molecule has 0 saturated heterocycles. The van der Waals surface area contributed by atoms with E-state index in [4.69, 9.17) is 0 Å². The van der Waals surface area contributed by atoms with Crippen LogP contribution in [0.5, 0.6) is 0 Å². The summed E-state index contributed by atoms with van der Waals surface area (Å²) in [6, 6.07) is 15.7. The van der Waals surface area contributed by atoms with Gasteiger partial charge in [-0.25, -0.2) is 4.79 Å². The van der Waals surface area contributed by atoms with Crippen molar-refractivity contribution in [3.05, 3.63) is 70.8 Å². The molecule has 1 N–H and O–H groups in total. The Morgan fingerprint density at radius 3 is 2.53 bits per heavy atom. The zero-order valence-corrected chi connectivity index (χ0v) is 11.2. The molecule has 1 unspecified atom stereocenters. The predicted molar refractivity (Wildman–Crippen MR) is 77.8 cm³/mol. The molecule has 2 nitrogen and oxygen atoms in total. The first-order valence-electron chi connectivity index (χ1n) is 6.29. The maximum Gasteiger partial charge on any atom is 0.336 e. The zero-order chi connectivity index (χ0) is 13.2. The third kappa shape index (κ3) is 2.26. The number of carboxylic acids is 1. The molecule has 1 aliphatic heterocycles. The molecule has 0 spiro atoms. The van der Waals surface area contributed by atoms with E-state index in [2.05, 4.69) is 18.2 Å². The van der Waals surface area contributed by atoms with Gasteiger partial charge in [-0.3, -0.25) is 0 Å². The number of benzene rings is 2. The van der Waals surface area contributed by atoms with Crippen molar-refractivity contribution in [1.29, 1.82) is 0 Å². The number of thioether (sulfide) groups is 1. The third-order valence-electron chi connectivity index (χ3n) is 3.47. The lowest BCUT2D eigenvalue weighted by molar-refractivity contribution is 0.0696. The molecular formula is C16H14O2S. The van der Waals surface area contributed by atoms with Crippen LogP contribution in [0.15, 0.2) is 48.5 Å². The van der Waals surface area contributed by atoms with Crippen molar-refractivity contribution in [2.24, 2.45) is 0 Å². The molecule has 3 heteroatoms. The molecule has 0 bridgehead atoms. The molecule has 0 aliphatic carbocycles. The van der Waals surface area contributed by atoms with Crippen LogP contribution in [0.1, 0.15) is 32.3 Å². The zero-order valence-electron chi connectivity index (χ0n) is 10.4. The minimum atomic E-state index is -0.848. The molecule has 2 aromatic carbocycles. The quantitative estimate of drug-likeness (QED) is 0.902. The summed E-state index contributed by atoms with van der Waals surface area (Å²) in [5.74, 6) is 0.189. The van der Waals surface area contributed by atoms with Gasteiger partial charge in [0.2, 0.25) is 0 Å². The number of hydrogen-bond donors (Lipinski definition) is 1. The van der Waals surface area contributed by atoms with Crippen molar-refractivity contribution in [3.63, 3.8) is 0 Å². The first kappa shape index (κ1) is 12.3. The van der Waals surface area contributed by atoms with Gasteiger partial charge in [-0.1, -0.05) is 42.5 Å². The topological polar surface area (TPSA) is 37.3 Å². The predicted octanol–water partition coefficient (Wildman–Crippen LogP) is 3.76. The van der Waals surface area contributed by atoms with Crippen LogP contribution in [0.4, 0.5) is 0 Å². The normalized spacial score (nSPS) is 17.8. The average Bonchev–Trinajstić information content (AvgIpc) is 2.46. The third-order valence-corrected chi connectivity index (χ3v) is 4.75. The molecule has 0 fully saturated rings. The van der Waals surface area contributed by atoms with Crippen LogP contribution in [-0.2, 0) is 6.42 Å².